The van der Waals surface area contributed by atoms with Crippen LogP contribution in [0, 0.1) is 0 Å². The summed E-state index contributed by atoms with van der Waals surface area (Å²) in [5.74, 6) is 0. The van der Waals surface area contributed by atoms with Gasteiger partial charge in [0.05, 0.1) is 0 Å². The van der Waals surface area contributed by atoms with Gasteiger partial charge in [-0.1, -0.05) is 0 Å². The van der Waals surface area contributed by atoms with Crippen molar-refractivity contribution >= 4 is 17.4 Å². The van der Waals surface area contributed by atoms with Crippen LogP contribution in [-0.4, -0.2) is 17.4 Å². The fraction of sp³-hybridized carbons (Fsp3) is 0. The summed E-state index contributed by atoms with van der Waals surface area (Å²) in [6, 6.07) is 0. The second-order valence-corrected chi connectivity index (χ2v) is 0. The van der Waals surface area contributed by atoms with Crippen molar-refractivity contribution in [1.82, 2.24) is 0 Å². The van der Waals surface area contributed by atoms with E-state index in [4.69, 9.17) is 0 Å². The van der Waals surface area contributed by atoms with Gasteiger partial charge in [0.25, 0.3) is 0 Å². The van der Waals surface area contributed by atoms with Gasteiger partial charge < -0.3 is 0 Å². The molecule has 26 valence electrons. The molecule has 0 aromatic rings. The average molecular weight is 215 g/mol. The van der Waals surface area contributed by atoms with Gasteiger partial charge in [-0.15, -0.1) is 0 Å². The van der Waals surface area contributed by atoms with Gasteiger partial charge in [-0.2, -0.15) is 0 Å². The summed E-state index contributed by atoms with van der Waals surface area (Å²) in [7, 11) is 0. The molecule has 4 heavy (non-hydrogen) atoms. The molecular formula is AlCuNiZn. The van der Waals surface area contributed by atoms with Crippen LogP contribution in [0.3, 0.4) is 0 Å². The third kappa shape index (κ3) is 8.90. The van der Waals surface area contributed by atoms with Gasteiger partial charge in [0.2, 0.25) is 0 Å². The van der Waals surface area contributed by atoms with Gasteiger partial charge in [0.1, 0.15) is 0 Å². The fourth-order valence-electron chi connectivity index (χ4n) is 0. The SMILES string of the molecule is [Al].[Cu].[Ni].[Zn]. The average Bonchev–Trinajstić information content (AvgIpc) is 0. The molecule has 0 heterocycles. The topological polar surface area (TPSA) is 0 Å². The molecule has 0 spiro atoms. The minimum absolute atomic E-state index is 0. The third-order valence-corrected chi connectivity index (χ3v) is 0. The van der Waals surface area contributed by atoms with E-state index in [1.807, 2.05) is 0 Å². The van der Waals surface area contributed by atoms with Crippen LogP contribution in [0.4, 0.5) is 0 Å². The van der Waals surface area contributed by atoms with Crippen molar-refractivity contribution < 1.29 is 53.0 Å². The summed E-state index contributed by atoms with van der Waals surface area (Å²) >= 11 is 0. The van der Waals surface area contributed by atoms with Crippen LogP contribution in [0.25, 0.3) is 0 Å². The monoisotopic (exact) mass is 212 g/mol. The van der Waals surface area contributed by atoms with E-state index in [9.17, 15) is 0 Å². The molecule has 0 atom stereocenters. The molecule has 0 amide bonds. The van der Waals surface area contributed by atoms with Gasteiger partial charge >= 0.3 is 0 Å². The van der Waals surface area contributed by atoms with Gasteiger partial charge in [-0.3, -0.25) is 0 Å². The molecule has 0 bridgehead atoms. The Morgan fingerprint density at radius 3 is 1.00 bits per heavy atom. The second kappa shape index (κ2) is 19.1. The van der Waals surface area contributed by atoms with E-state index < -0.39 is 0 Å². The molecule has 4 radical (unpaired) electrons. The maximum absolute atomic E-state index is 0. The quantitative estimate of drug-likeness (QED) is 0.482. The van der Waals surface area contributed by atoms with Crippen molar-refractivity contribution in [3.05, 3.63) is 0 Å². The molecule has 0 aromatic carbocycles. The predicted molar refractivity (Wildman–Crippen MR) is 5.75 cm³/mol. The van der Waals surface area contributed by atoms with Crippen molar-refractivity contribution in [3.8, 4) is 0 Å². The molecule has 0 aliphatic heterocycles. The maximum Gasteiger partial charge on any atom is 0 e. The molecule has 0 fully saturated rings. The van der Waals surface area contributed by atoms with Crippen molar-refractivity contribution in [2.24, 2.45) is 0 Å². The van der Waals surface area contributed by atoms with Crippen LogP contribution in [-0.2, 0) is 53.0 Å². The van der Waals surface area contributed by atoms with Crippen molar-refractivity contribution in [3.63, 3.8) is 0 Å². The molecule has 0 aromatic heterocycles. The molecule has 0 aliphatic rings. The van der Waals surface area contributed by atoms with Gasteiger partial charge in [-0.25, -0.2) is 0 Å². The molecule has 4 heteroatoms. The van der Waals surface area contributed by atoms with Crippen LogP contribution < -0.4 is 0 Å². The molecule has 0 saturated heterocycles. The summed E-state index contributed by atoms with van der Waals surface area (Å²) < 4.78 is 0. The normalized spacial score (nSPS) is 0. The van der Waals surface area contributed by atoms with E-state index in [1.54, 1.807) is 0 Å². The summed E-state index contributed by atoms with van der Waals surface area (Å²) in [5.41, 5.74) is 0. The molecular weight excluding hydrogens is 215 g/mol. The van der Waals surface area contributed by atoms with Crippen molar-refractivity contribution in [1.29, 1.82) is 0 Å². The molecule has 0 rings (SSSR count). The van der Waals surface area contributed by atoms with E-state index in [2.05, 4.69) is 0 Å². The summed E-state index contributed by atoms with van der Waals surface area (Å²) in [6.45, 7) is 0. The summed E-state index contributed by atoms with van der Waals surface area (Å²) in [6.07, 6.45) is 0. The fourth-order valence-corrected chi connectivity index (χ4v) is 0. The predicted octanol–water partition coefficient (Wildman–Crippen LogP) is -0.388. The Bertz CT molecular complexity index is 8.00. The Labute approximate surface area is 69.8 Å². The van der Waals surface area contributed by atoms with Crippen LogP contribution >= 0.6 is 0 Å². The van der Waals surface area contributed by atoms with Crippen LogP contribution in [0.5, 0.6) is 0 Å². The zero-order valence-corrected chi connectivity index (χ0v) is 7.95. The third-order valence-electron chi connectivity index (χ3n) is 0. The first-order valence-corrected chi connectivity index (χ1v) is 0. The van der Waals surface area contributed by atoms with Gasteiger partial charge in [-0.05, 0) is 0 Å². The zero-order valence-electron chi connectivity index (χ0n) is 1.90. The first-order chi connectivity index (χ1) is 0. The van der Waals surface area contributed by atoms with Gasteiger partial charge in [0, 0.05) is 70.4 Å². The van der Waals surface area contributed by atoms with Crippen LogP contribution in [0.1, 0.15) is 0 Å². The zero-order chi connectivity index (χ0) is 0. The van der Waals surface area contributed by atoms with Crippen LogP contribution in [0.2, 0.25) is 0 Å². The molecule has 0 aliphatic carbocycles. The van der Waals surface area contributed by atoms with Crippen LogP contribution in [0.15, 0.2) is 0 Å². The number of hydrogen-bond acceptors (Lipinski definition) is 0. The minimum Gasteiger partial charge on any atom is 0 e. The number of hydrogen-bond donors (Lipinski definition) is 0. The molecule has 0 saturated carbocycles. The first kappa shape index (κ1) is 35.0. The molecule has 0 N–H and O–H groups in total. The Kier molecular flexibility index (Phi) is 167. The Morgan fingerprint density at radius 2 is 1.00 bits per heavy atom. The van der Waals surface area contributed by atoms with E-state index in [1.165, 1.54) is 0 Å². The first-order valence-electron chi connectivity index (χ1n) is 0. The standard InChI is InChI=1S/Al.Cu.Ni.Zn. The maximum atomic E-state index is 0. The van der Waals surface area contributed by atoms with Crippen molar-refractivity contribution in [2.45, 2.75) is 0 Å². The van der Waals surface area contributed by atoms with Crippen molar-refractivity contribution in [2.75, 3.05) is 0 Å². The number of rotatable bonds is 0. The second-order valence-electron chi connectivity index (χ2n) is 0. The van der Waals surface area contributed by atoms with E-state index in [0.29, 0.717) is 0 Å². The molecule has 0 unspecified atom stereocenters. The van der Waals surface area contributed by atoms with E-state index >= 15 is 0 Å². The Morgan fingerprint density at radius 1 is 1.00 bits per heavy atom. The van der Waals surface area contributed by atoms with E-state index in [-0.39, 0.29) is 70.4 Å². The summed E-state index contributed by atoms with van der Waals surface area (Å²) in [4.78, 5) is 0. The van der Waals surface area contributed by atoms with E-state index in [0.717, 1.165) is 0 Å². The van der Waals surface area contributed by atoms with Gasteiger partial charge in [0.15, 0.2) is 0 Å². The largest absolute Gasteiger partial charge is 0 e. The Balaban J connectivity index is 0. The molecule has 0 nitrogen and oxygen atoms in total. The minimum atomic E-state index is 0. The summed E-state index contributed by atoms with van der Waals surface area (Å²) in [5, 5.41) is 0. The smallest absolute Gasteiger partial charge is 0 e. The Hall–Kier alpha value is 2.17.